The lowest BCUT2D eigenvalue weighted by molar-refractivity contribution is 0.375. The predicted molar refractivity (Wildman–Crippen MR) is 88.9 cm³/mol. The van der Waals surface area contributed by atoms with Crippen LogP contribution in [-0.4, -0.2) is 46.2 Å². The second-order valence-electron chi connectivity index (χ2n) is 6.00. The van der Waals surface area contributed by atoms with Gasteiger partial charge in [0.05, 0.1) is 12.2 Å². The lowest BCUT2D eigenvalue weighted by Crippen LogP contribution is -2.50. The number of aromatic nitrogens is 1. The normalized spacial score (nSPS) is 18.9. The Morgan fingerprint density at radius 3 is 2.81 bits per heavy atom. The number of hydrogen-bond acceptors (Lipinski definition) is 4. The summed E-state index contributed by atoms with van der Waals surface area (Å²) in [5.41, 5.74) is 2.03. The molecule has 2 rings (SSSR count). The van der Waals surface area contributed by atoms with E-state index in [1.54, 1.807) is 0 Å². The maximum Gasteiger partial charge on any atom is 0.194 e. The first-order valence-electron chi connectivity index (χ1n) is 7.52. The summed E-state index contributed by atoms with van der Waals surface area (Å²) in [6, 6.07) is 0. The van der Waals surface area contributed by atoms with Gasteiger partial charge in [0, 0.05) is 35.7 Å². The molecule has 0 bridgehead atoms. The van der Waals surface area contributed by atoms with E-state index in [1.807, 2.05) is 25.6 Å². The van der Waals surface area contributed by atoms with Gasteiger partial charge in [-0.05, 0) is 34.6 Å². The summed E-state index contributed by atoms with van der Waals surface area (Å²) >= 11 is 2.03. The van der Waals surface area contributed by atoms with Crippen molar-refractivity contribution in [2.75, 3.05) is 25.4 Å². The fourth-order valence-electron chi connectivity index (χ4n) is 2.50. The van der Waals surface area contributed by atoms with E-state index in [9.17, 15) is 0 Å². The van der Waals surface area contributed by atoms with Crippen LogP contribution in [0.25, 0.3) is 0 Å². The van der Waals surface area contributed by atoms with Crippen LogP contribution in [0.3, 0.4) is 0 Å². The highest BCUT2D eigenvalue weighted by Crippen LogP contribution is 2.29. The molecule has 1 fully saturated rings. The van der Waals surface area contributed by atoms with Gasteiger partial charge in [-0.25, -0.2) is 4.99 Å². The summed E-state index contributed by atoms with van der Waals surface area (Å²) in [7, 11) is 0. The smallest absolute Gasteiger partial charge is 0.194 e. The van der Waals surface area contributed by atoms with Crippen molar-refractivity contribution in [3.8, 4) is 0 Å². The van der Waals surface area contributed by atoms with Crippen LogP contribution in [0.15, 0.2) is 9.52 Å². The number of aliphatic imine (C=N–C) groups is 1. The van der Waals surface area contributed by atoms with Crippen LogP contribution in [0.2, 0.25) is 0 Å². The summed E-state index contributed by atoms with van der Waals surface area (Å²) in [5.74, 6) is 3.00. The molecule has 0 unspecified atom stereocenters. The number of thioether (sulfide) groups is 1. The van der Waals surface area contributed by atoms with E-state index in [0.29, 0.717) is 6.54 Å². The van der Waals surface area contributed by atoms with Gasteiger partial charge >= 0.3 is 0 Å². The van der Waals surface area contributed by atoms with Gasteiger partial charge in [0.2, 0.25) is 0 Å². The van der Waals surface area contributed by atoms with Gasteiger partial charge in [-0.3, -0.25) is 0 Å². The van der Waals surface area contributed by atoms with Crippen LogP contribution >= 0.6 is 11.8 Å². The first-order valence-corrected chi connectivity index (χ1v) is 8.50. The van der Waals surface area contributed by atoms with Crippen molar-refractivity contribution in [2.45, 2.75) is 45.9 Å². The molecule has 1 aliphatic rings. The molecule has 0 saturated carbocycles. The monoisotopic (exact) mass is 310 g/mol. The predicted octanol–water partition coefficient (Wildman–Crippen LogP) is 2.58. The lowest BCUT2D eigenvalue weighted by Gasteiger charge is -2.39. The Morgan fingerprint density at radius 1 is 1.48 bits per heavy atom. The largest absolute Gasteiger partial charge is 0.361 e. The van der Waals surface area contributed by atoms with Gasteiger partial charge in [-0.15, -0.1) is 0 Å². The summed E-state index contributed by atoms with van der Waals surface area (Å²) in [4.78, 5) is 7.15. The first kappa shape index (κ1) is 16.2. The van der Waals surface area contributed by atoms with Crippen molar-refractivity contribution in [2.24, 2.45) is 4.99 Å². The van der Waals surface area contributed by atoms with E-state index in [2.05, 4.69) is 36.1 Å². The summed E-state index contributed by atoms with van der Waals surface area (Å²) in [6.07, 6.45) is 0. The van der Waals surface area contributed by atoms with Crippen LogP contribution in [0, 0.1) is 13.8 Å². The van der Waals surface area contributed by atoms with Crippen molar-refractivity contribution in [1.82, 2.24) is 15.4 Å². The topological polar surface area (TPSA) is 53.7 Å². The molecule has 0 atom stereocenters. The standard InChI is InChI=1S/C15H26N4OS/c1-6-16-14(19-7-8-21-15(4,5)10-19)17-9-13-11(2)18-20-12(13)3/h6-10H2,1-5H3,(H,16,17). The van der Waals surface area contributed by atoms with E-state index >= 15 is 0 Å². The number of rotatable bonds is 3. The number of nitrogens with one attached hydrogen (secondary N) is 1. The van der Waals surface area contributed by atoms with E-state index in [1.165, 1.54) is 0 Å². The minimum absolute atomic E-state index is 0.275. The second-order valence-corrected chi connectivity index (χ2v) is 7.80. The molecular formula is C15H26N4OS. The van der Waals surface area contributed by atoms with Crippen molar-refractivity contribution in [1.29, 1.82) is 0 Å². The third kappa shape index (κ3) is 4.15. The van der Waals surface area contributed by atoms with Crippen LogP contribution in [0.5, 0.6) is 0 Å². The highest BCUT2D eigenvalue weighted by atomic mass is 32.2. The minimum atomic E-state index is 0.275. The molecule has 21 heavy (non-hydrogen) atoms. The Morgan fingerprint density at radius 2 is 2.24 bits per heavy atom. The highest BCUT2D eigenvalue weighted by Gasteiger charge is 2.28. The zero-order valence-corrected chi connectivity index (χ0v) is 14.5. The Kier molecular flexibility index (Phi) is 5.19. The van der Waals surface area contributed by atoms with E-state index < -0.39 is 0 Å². The summed E-state index contributed by atoms with van der Waals surface area (Å²) in [5, 5.41) is 7.40. The Labute approximate surface area is 131 Å². The molecule has 6 heteroatoms. The molecule has 118 valence electrons. The SMILES string of the molecule is CCNC(=NCc1c(C)noc1C)N1CCSC(C)(C)C1. The second kappa shape index (κ2) is 6.73. The molecule has 1 aliphatic heterocycles. The zero-order valence-electron chi connectivity index (χ0n) is 13.7. The van der Waals surface area contributed by atoms with Gasteiger partial charge < -0.3 is 14.7 Å². The Hall–Kier alpha value is -1.17. The molecule has 0 radical (unpaired) electrons. The molecule has 1 aromatic heterocycles. The van der Waals surface area contributed by atoms with Crippen molar-refractivity contribution >= 4 is 17.7 Å². The molecular weight excluding hydrogens is 284 g/mol. The van der Waals surface area contributed by atoms with Crippen molar-refractivity contribution < 1.29 is 4.52 Å². The number of nitrogens with zero attached hydrogens (tertiary/aromatic N) is 3. The van der Waals surface area contributed by atoms with Crippen molar-refractivity contribution in [3.63, 3.8) is 0 Å². The molecule has 2 heterocycles. The molecule has 0 amide bonds. The van der Waals surface area contributed by atoms with Crippen molar-refractivity contribution in [3.05, 3.63) is 17.0 Å². The molecule has 5 nitrogen and oxygen atoms in total. The Balaban J connectivity index is 2.12. The maximum absolute atomic E-state index is 5.21. The molecule has 1 N–H and O–H groups in total. The number of hydrogen-bond donors (Lipinski definition) is 1. The Bertz CT molecular complexity index is 490. The average Bonchev–Trinajstić information content (AvgIpc) is 2.73. The third-order valence-corrected chi connectivity index (χ3v) is 4.93. The zero-order chi connectivity index (χ0) is 15.5. The molecule has 1 aromatic rings. The number of guanidine groups is 1. The van der Waals surface area contributed by atoms with Crippen LogP contribution in [0.4, 0.5) is 0 Å². The molecule has 1 saturated heterocycles. The highest BCUT2D eigenvalue weighted by molar-refractivity contribution is 8.00. The first-order chi connectivity index (χ1) is 9.93. The van der Waals surface area contributed by atoms with E-state index in [-0.39, 0.29) is 4.75 Å². The van der Waals surface area contributed by atoms with Crippen LogP contribution in [-0.2, 0) is 6.54 Å². The van der Waals surface area contributed by atoms with Gasteiger partial charge in [0.1, 0.15) is 5.76 Å². The van der Waals surface area contributed by atoms with Gasteiger partial charge in [-0.2, -0.15) is 11.8 Å². The van der Waals surface area contributed by atoms with E-state index in [4.69, 9.17) is 9.52 Å². The summed E-state index contributed by atoms with van der Waals surface area (Å²) < 4.78 is 5.48. The average molecular weight is 310 g/mol. The maximum atomic E-state index is 5.21. The fourth-order valence-corrected chi connectivity index (χ4v) is 3.62. The van der Waals surface area contributed by atoms with Gasteiger partial charge in [0.15, 0.2) is 5.96 Å². The third-order valence-electron chi connectivity index (χ3n) is 3.63. The molecule has 0 aliphatic carbocycles. The minimum Gasteiger partial charge on any atom is -0.361 e. The summed E-state index contributed by atoms with van der Waals surface area (Å²) in [6.45, 7) is 14.2. The molecule has 0 aromatic carbocycles. The number of aryl methyl sites for hydroxylation is 2. The van der Waals surface area contributed by atoms with Gasteiger partial charge in [-0.1, -0.05) is 5.16 Å². The quantitative estimate of drug-likeness (QED) is 0.687. The fraction of sp³-hybridized carbons (Fsp3) is 0.733. The van der Waals surface area contributed by atoms with Crippen LogP contribution < -0.4 is 5.32 Å². The lowest BCUT2D eigenvalue weighted by atomic mass is 10.2. The van der Waals surface area contributed by atoms with Crippen LogP contribution in [0.1, 0.15) is 37.8 Å². The molecule has 0 spiro atoms. The van der Waals surface area contributed by atoms with Gasteiger partial charge in [0.25, 0.3) is 0 Å². The van der Waals surface area contributed by atoms with E-state index in [0.717, 1.165) is 48.4 Å².